The van der Waals surface area contributed by atoms with Gasteiger partial charge in [-0.1, -0.05) is 6.08 Å². The molecule has 1 heterocycles. The van der Waals surface area contributed by atoms with Crippen LogP contribution in [0.3, 0.4) is 0 Å². The molecule has 0 radical (unpaired) electrons. The van der Waals surface area contributed by atoms with Crippen LogP contribution in [0, 0.1) is 5.41 Å². The summed E-state index contributed by atoms with van der Waals surface area (Å²) in [5, 5.41) is 0. The molecule has 0 bridgehead atoms. The van der Waals surface area contributed by atoms with E-state index in [1.54, 1.807) is 4.90 Å². The highest BCUT2D eigenvalue weighted by atomic mass is 16.6. The number of hydrogen-bond donors (Lipinski definition) is 0. The minimum absolute atomic E-state index is 0.152. The Balaban J connectivity index is 2.70. The molecule has 1 rings (SSSR count). The third-order valence-electron chi connectivity index (χ3n) is 3.91. The zero-order chi connectivity index (χ0) is 16.8. The second-order valence-corrected chi connectivity index (χ2v) is 6.80. The molecular weight excluding hydrogens is 282 g/mol. The molecular formula is C17H29NO4. The number of carbonyl (C=O) groups excluding carboxylic acids is 2. The first kappa shape index (κ1) is 18.5. The van der Waals surface area contributed by atoms with Crippen molar-refractivity contribution in [1.82, 2.24) is 4.90 Å². The summed E-state index contributed by atoms with van der Waals surface area (Å²) in [6.45, 7) is 12.5. The highest BCUT2D eigenvalue weighted by Gasteiger charge is 2.43. The normalized spacial score (nSPS) is 17.7. The van der Waals surface area contributed by atoms with E-state index >= 15 is 0 Å². The minimum atomic E-state index is -0.504. The summed E-state index contributed by atoms with van der Waals surface area (Å²) < 4.78 is 10.6. The van der Waals surface area contributed by atoms with Gasteiger partial charge in [0.1, 0.15) is 5.60 Å². The van der Waals surface area contributed by atoms with E-state index < -0.39 is 11.0 Å². The first-order valence-electron chi connectivity index (χ1n) is 8.00. The Hall–Kier alpha value is -1.52. The molecule has 0 unspecified atom stereocenters. The van der Waals surface area contributed by atoms with E-state index in [2.05, 4.69) is 6.58 Å². The van der Waals surface area contributed by atoms with Gasteiger partial charge >= 0.3 is 12.1 Å². The van der Waals surface area contributed by atoms with Gasteiger partial charge in [0.2, 0.25) is 0 Å². The van der Waals surface area contributed by atoms with Crippen LogP contribution in [0.1, 0.15) is 53.4 Å². The van der Waals surface area contributed by atoms with Gasteiger partial charge in [-0.3, -0.25) is 4.79 Å². The van der Waals surface area contributed by atoms with E-state index in [9.17, 15) is 9.59 Å². The van der Waals surface area contributed by atoms with Crippen LogP contribution in [0.5, 0.6) is 0 Å². The summed E-state index contributed by atoms with van der Waals surface area (Å²) in [6.07, 6.45) is 4.22. The Kier molecular flexibility index (Phi) is 6.45. The number of amides is 1. The van der Waals surface area contributed by atoms with Crippen LogP contribution in [0.25, 0.3) is 0 Å². The molecule has 1 amide bonds. The van der Waals surface area contributed by atoms with Crippen molar-refractivity contribution in [1.29, 1.82) is 0 Å². The van der Waals surface area contributed by atoms with Crippen molar-refractivity contribution in [3.8, 4) is 0 Å². The van der Waals surface area contributed by atoms with Crippen LogP contribution in [0.4, 0.5) is 4.79 Å². The molecule has 1 aliphatic heterocycles. The second-order valence-electron chi connectivity index (χ2n) is 6.80. The summed E-state index contributed by atoms with van der Waals surface area (Å²) in [7, 11) is 0. The molecule has 5 heteroatoms. The first-order chi connectivity index (χ1) is 10.2. The molecule has 0 spiro atoms. The van der Waals surface area contributed by atoms with Crippen LogP contribution < -0.4 is 0 Å². The summed E-state index contributed by atoms with van der Waals surface area (Å²) >= 11 is 0. The average molecular weight is 311 g/mol. The molecule has 1 saturated heterocycles. The molecule has 126 valence electrons. The highest BCUT2D eigenvalue weighted by Crippen LogP contribution is 2.38. The van der Waals surface area contributed by atoms with E-state index in [-0.39, 0.29) is 12.1 Å². The van der Waals surface area contributed by atoms with E-state index in [4.69, 9.17) is 9.47 Å². The van der Waals surface area contributed by atoms with Gasteiger partial charge in [0, 0.05) is 13.1 Å². The number of piperidine rings is 1. The van der Waals surface area contributed by atoms with E-state index in [1.807, 2.05) is 33.8 Å². The standard InChI is InChI=1S/C17H29NO4/c1-6-8-9-17(14(19)21-7-2)10-12-18(13-11-17)15(20)22-16(3,4)5/h6H,1,7-13H2,2-5H3. The molecule has 0 aromatic heterocycles. The lowest BCUT2D eigenvalue weighted by Gasteiger charge is -2.40. The Morgan fingerprint density at radius 2 is 1.86 bits per heavy atom. The number of esters is 1. The maximum absolute atomic E-state index is 12.3. The van der Waals surface area contributed by atoms with Crippen molar-refractivity contribution in [3.63, 3.8) is 0 Å². The van der Waals surface area contributed by atoms with Gasteiger partial charge in [-0.25, -0.2) is 4.79 Å². The monoisotopic (exact) mass is 311 g/mol. The van der Waals surface area contributed by atoms with E-state index in [0.29, 0.717) is 32.5 Å². The molecule has 0 N–H and O–H groups in total. The predicted molar refractivity (Wildman–Crippen MR) is 85.5 cm³/mol. The summed E-state index contributed by atoms with van der Waals surface area (Å²) in [6, 6.07) is 0. The molecule has 5 nitrogen and oxygen atoms in total. The Bertz CT molecular complexity index is 403. The van der Waals surface area contributed by atoms with Gasteiger partial charge in [-0.15, -0.1) is 6.58 Å². The van der Waals surface area contributed by atoms with Crippen molar-refractivity contribution in [2.75, 3.05) is 19.7 Å². The number of hydrogen-bond acceptors (Lipinski definition) is 4. The van der Waals surface area contributed by atoms with E-state index in [0.717, 1.165) is 12.8 Å². The fourth-order valence-corrected chi connectivity index (χ4v) is 2.66. The van der Waals surface area contributed by atoms with Gasteiger partial charge in [-0.2, -0.15) is 0 Å². The maximum atomic E-state index is 12.3. The fraction of sp³-hybridized carbons (Fsp3) is 0.765. The molecule has 22 heavy (non-hydrogen) atoms. The van der Waals surface area contributed by atoms with Crippen molar-refractivity contribution < 1.29 is 19.1 Å². The second kappa shape index (κ2) is 7.65. The number of carbonyl (C=O) groups is 2. The Morgan fingerprint density at radius 1 is 1.27 bits per heavy atom. The Morgan fingerprint density at radius 3 is 2.32 bits per heavy atom. The van der Waals surface area contributed by atoms with Crippen LogP contribution in [0.2, 0.25) is 0 Å². The number of ether oxygens (including phenoxy) is 2. The third-order valence-corrected chi connectivity index (χ3v) is 3.91. The number of rotatable bonds is 5. The molecule has 0 saturated carbocycles. The maximum Gasteiger partial charge on any atom is 0.410 e. The minimum Gasteiger partial charge on any atom is -0.466 e. The van der Waals surface area contributed by atoms with E-state index in [1.165, 1.54) is 0 Å². The van der Waals surface area contributed by atoms with Crippen LogP contribution in [-0.4, -0.2) is 42.3 Å². The molecule has 1 fully saturated rings. The van der Waals surface area contributed by atoms with Gasteiger partial charge in [0.05, 0.1) is 12.0 Å². The van der Waals surface area contributed by atoms with Gasteiger partial charge in [-0.05, 0) is 53.4 Å². The fourth-order valence-electron chi connectivity index (χ4n) is 2.66. The lowest BCUT2D eigenvalue weighted by molar-refractivity contribution is -0.159. The molecule has 0 aromatic rings. The predicted octanol–water partition coefficient (Wildman–Crippen LogP) is 3.53. The van der Waals surface area contributed by atoms with Crippen LogP contribution >= 0.6 is 0 Å². The largest absolute Gasteiger partial charge is 0.466 e. The van der Waals surface area contributed by atoms with Crippen LogP contribution in [-0.2, 0) is 14.3 Å². The molecule has 0 aliphatic carbocycles. The molecule has 1 aliphatic rings. The van der Waals surface area contributed by atoms with Crippen molar-refractivity contribution >= 4 is 12.1 Å². The van der Waals surface area contributed by atoms with Gasteiger partial charge in [0.15, 0.2) is 0 Å². The number of allylic oxidation sites excluding steroid dienone is 1. The zero-order valence-electron chi connectivity index (χ0n) is 14.3. The molecule has 0 aromatic carbocycles. The third kappa shape index (κ3) is 5.04. The zero-order valence-corrected chi connectivity index (χ0v) is 14.3. The van der Waals surface area contributed by atoms with Gasteiger partial charge < -0.3 is 14.4 Å². The summed E-state index contributed by atoms with van der Waals surface area (Å²) in [5.41, 5.74) is -1.00. The van der Waals surface area contributed by atoms with Crippen molar-refractivity contribution in [3.05, 3.63) is 12.7 Å². The lowest BCUT2D eigenvalue weighted by Crippen LogP contribution is -2.48. The quantitative estimate of drug-likeness (QED) is 0.575. The van der Waals surface area contributed by atoms with Crippen LogP contribution in [0.15, 0.2) is 12.7 Å². The smallest absolute Gasteiger partial charge is 0.410 e. The summed E-state index contributed by atoms with van der Waals surface area (Å²) in [5.74, 6) is -0.152. The topological polar surface area (TPSA) is 55.8 Å². The average Bonchev–Trinajstić information content (AvgIpc) is 2.44. The number of nitrogens with zero attached hydrogens (tertiary/aromatic N) is 1. The SMILES string of the molecule is C=CCCC1(C(=O)OCC)CCN(C(=O)OC(C)(C)C)CC1. The van der Waals surface area contributed by atoms with Gasteiger partial charge in [0.25, 0.3) is 0 Å². The van der Waals surface area contributed by atoms with Crippen molar-refractivity contribution in [2.45, 2.75) is 59.0 Å². The first-order valence-corrected chi connectivity index (χ1v) is 8.00. The highest BCUT2D eigenvalue weighted by molar-refractivity contribution is 5.77. The Labute approximate surface area is 133 Å². The number of likely N-dealkylation sites (tertiary alicyclic amines) is 1. The molecule has 0 atom stereocenters. The van der Waals surface area contributed by atoms with Crippen molar-refractivity contribution in [2.24, 2.45) is 5.41 Å². The summed E-state index contributed by atoms with van der Waals surface area (Å²) in [4.78, 5) is 26.1. The lowest BCUT2D eigenvalue weighted by atomic mass is 9.75.